The minimum Gasteiger partial charge on any atom is -0.394 e. The summed E-state index contributed by atoms with van der Waals surface area (Å²) in [6.07, 6.45) is 10.5. The summed E-state index contributed by atoms with van der Waals surface area (Å²) in [5.41, 5.74) is 0.802. The second-order valence-electron chi connectivity index (χ2n) is 10.6. The minimum absolute atomic E-state index is 0.0366. The third-order valence-corrected chi connectivity index (χ3v) is 10.3. The first-order valence-electron chi connectivity index (χ1n) is 13.5. The number of anilines is 1. The number of carbonyl (C=O) groups is 3. The van der Waals surface area contributed by atoms with Crippen molar-refractivity contribution in [3.05, 3.63) is 54.6 Å². The molecule has 3 amide bonds. The molecule has 2 unspecified atom stereocenters. The van der Waals surface area contributed by atoms with Crippen LogP contribution < -0.4 is 4.90 Å². The molecule has 4 aliphatic heterocycles. The molecule has 5 rings (SSSR count). The molecule has 8 heteroatoms. The van der Waals surface area contributed by atoms with Crippen LogP contribution in [0.2, 0.25) is 0 Å². The number of hydrogen-bond acceptors (Lipinski definition) is 5. The van der Waals surface area contributed by atoms with E-state index in [9.17, 15) is 19.5 Å². The van der Waals surface area contributed by atoms with Gasteiger partial charge in [0.1, 0.15) is 6.04 Å². The lowest BCUT2D eigenvalue weighted by atomic mass is 9.78. The van der Waals surface area contributed by atoms with Crippen LogP contribution >= 0.6 is 11.8 Å². The van der Waals surface area contributed by atoms with E-state index in [1.54, 1.807) is 21.6 Å². The van der Waals surface area contributed by atoms with Gasteiger partial charge in [-0.05, 0) is 31.9 Å². The number of fused-ring (bicyclic) bond motifs is 2. The first kappa shape index (κ1) is 26.0. The third-order valence-electron chi connectivity index (χ3n) is 8.51. The molecule has 2 fully saturated rings. The van der Waals surface area contributed by atoms with Gasteiger partial charge < -0.3 is 19.8 Å². The maximum Gasteiger partial charge on any atom is 0.247 e. The second kappa shape index (κ2) is 10.3. The Morgan fingerprint density at radius 3 is 2.49 bits per heavy atom. The molecule has 1 aromatic carbocycles. The van der Waals surface area contributed by atoms with E-state index in [4.69, 9.17) is 0 Å². The number of rotatable bonds is 7. The quantitative estimate of drug-likeness (QED) is 0.555. The van der Waals surface area contributed by atoms with Crippen molar-refractivity contribution < 1.29 is 19.5 Å². The highest BCUT2D eigenvalue weighted by molar-refractivity contribution is 8.02. The smallest absolute Gasteiger partial charge is 0.247 e. The van der Waals surface area contributed by atoms with E-state index in [0.717, 1.165) is 18.5 Å². The zero-order chi connectivity index (χ0) is 26.3. The number of hydrogen-bond donors (Lipinski definition) is 1. The maximum atomic E-state index is 14.3. The Balaban J connectivity index is 1.61. The molecule has 0 radical (unpaired) electrons. The van der Waals surface area contributed by atoms with Crippen LogP contribution in [0.5, 0.6) is 0 Å². The van der Waals surface area contributed by atoms with Gasteiger partial charge in [-0.15, -0.1) is 11.8 Å². The molecule has 37 heavy (non-hydrogen) atoms. The summed E-state index contributed by atoms with van der Waals surface area (Å²) in [5, 5.41) is 10.1. The molecule has 1 aromatic rings. The normalized spacial score (nSPS) is 32.6. The van der Waals surface area contributed by atoms with Gasteiger partial charge in [0.05, 0.1) is 29.2 Å². The Morgan fingerprint density at radius 1 is 1.05 bits per heavy atom. The minimum atomic E-state index is -0.855. The fraction of sp³-hybridized carbons (Fsp3) is 0.552. The summed E-state index contributed by atoms with van der Waals surface area (Å²) in [4.78, 5) is 48.1. The van der Waals surface area contributed by atoms with Crippen molar-refractivity contribution in [2.45, 2.75) is 68.2 Å². The average molecular weight is 524 g/mol. The summed E-state index contributed by atoms with van der Waals surface area (Å²) in [6, 6.07) is 8.37. The van der Waals surface area contributed by atoms with E-state index >= 15 is 0 Å². The third kappa shape index (κ3) is 4.04. The summed E-state index contributed by atoms with van der Waals surface area (Å²) < 4.78 is -0.855. The number of thioether (sulfide) groups is 1. The van der Waals surface area contributed by atoms with Crippen molar-refractivity contribution in [1.29, 1.82) is 0 Å². The van der Waals surface area contributed by atoms with E-state index in [0.29, 0.717) is 19.5 Å². The molecule has 4 heterocycles. The predicted molar refractivity (Wildman–Crippen MR) is 146 cm³/mol. The summed E-state index contributed by atoms with van der Waals surface area (Å²) >= 11 is 1.59. The molecule has 198 valence electrons. The van der Waals surface area contributed by atoms with Crippen LogP contribution in [-0.4, -0.2) is 80.4 Å². The van der Waals surface area contributed by atoms with Crippen LogP contribution in [0.25, 0.3) is 0 Å². The van der Waals surface area contributed by atoms with Crippen molar-refractivity contribution in [3.63, 3.8) is 0 Å². The summed E-state index contributed by atoms with van der Waals surface area (Å²) in [6.45, 7) is 6.81. The number of aliphatic hydroxyl groups is 1. The highest BCUT2D eigenvalue weighted by Gasteiger charge is 2.71. The molecular weight excluding hydrogens is 486 g/mol. The van der Waals surface area contributed by atoms with E-state index in [1.165, 1.54) is 0 Å². The number of amides is 3. The van der Waals surface area contributed by atoms with Gasteiger partial charge in [-0.3, -0.25) is 14.4 Å². The molecule has 1 N–H and O–H groups in total. The molecule has 0 saturated carbocycles. The molecule has 0 aromatic heterocycles. The summed E-state index contributed by atoms with van der Waals surface area (Å²) in [5.74, 6) is -1.60. The molecule has 7 atom stereocenters. The maximum absolute atomic E-state index is 14.3. The van der Waals surface area contributed by atoms with Gasteiger partial charge in [0, 0.05) is 30.1 Å². The highest BCUT2D eigenvalue weighted by atomic mass is 32.2. The van der Waals surface area contributed by atoms with E-state index in [-0.39, 0.29) is 35.6 Å². The standard InChI is InChI=1S/C29H37N3O4S/c1-4-11-19(3)30-17-10-15-29-24(27(35)32(20(5-2)18-33)25(29)28(30)36)23-22(37-29)14-9-16-31(26(23)34)21-12-7-6-8-13-21/h6-10,12-15,19-20,22-25,33H,4-5,11,16-18H2,1-3H3/t19?,20-,22-,23+,24-,25?,29-/m0/s1. The van der Waals surface area contributed by atoms with Gasteiger partial charge in [-0.2, -0.15) is 0 Å². The Labute approximate surface area is 223 Å². The van der Waals surface area contributed by atoms with Gasteiger partial charge >= 0.3 is 0 Å². The molecule has 0 aliphatic carbocycles. The summed E-state index contributed by atoms with van der Waals surface area (Å²) in [7, 11) is 0. The lowest BCUT2D eigenvalue weighted by Gasteiger charge is -2.39. The van der Waals surface area contributed by atoms with Gasteiger partial charge in [-0.25, -0.2) is 0 Å². The van der Waals surface area contributed by atoms with Crippen LogP contribution in [-0.2, 0) is 14.4 Å². The van der Waals surface area contributed by atoms with Crippen molar-refractivity contribution in [3.8, 4) is 0 Å². The number of aliphatic hydroxyl groups excluding tert-OH is 1. The zero-order valence-corrected chi connectivity index (χ0v) is 22.6. The van der Waals surface area contributed by atoms with Crippen molar-refractivity contribution in [2.24, 2.45) is 11.8 Å². The lowest BCUT2D eigenvalue weighted by Crippen LogP contribution is -2.57. The van der Waals surface area contributed by atoms with E-state index < -0.39 is 28.7 Å². The number of nitrogens with zero attached hydrogens (tertiary/aromatic N) is 3. The molecular formula is C29H37N3O4S. The largest absolute Gasteiger partial charge is 0.394 e. The van der Waals surface area contributed by atoms with Crippen molar-refractivity contribution >= 4 is 35.2 Å². The Kier molecular flexibility index (Phi) is 7.24. The van der Waals surface area contributed by atoms with Crippen LogP contribution in [0.1, 0.15) is 40.0 Å². The SMILES string of the molecule is CCCC(C)N1CC=C[C@]23S[C@H]4C=CCN(c5ccccc5)C(=O)[C@H]4[C@H]2C(=O)N([C@@H](CC)CO)C3C1=O. The topological polar surface area (TPSA) is 81.2 Å². The van der Waals surface area contributed by atoms with Crippen LogP contribution in [0.3, 0.4) is 0 Å². The molecule has 1 spiro atoms. The predicted octanol–water partition coefficient (Wildman–Crippen LogP) is 3.24. The first-order valence-corrected chi connectivity index (χ1v) is 14.4. The number of para-hydroxylation sites is 1. The molecule has 7 nitrogen and oxygen atoms in total. The number of carbonyl (C=O) groups excluding carboxylic acids is 3. The molecule has 0 bridgehead atoms. The number of benzene rings is 1. The van der Waals surface area contributed by atoms with Gasteiger partial charge in [0.15, 0.2) is 0 Å². The van der Waals surface area contributed by atoms with Crippen LogP contribution in [0, 0.1) is 11.8 Å². The lowest BCUT2D eigenvalue weighted by molar-refractivity contribution is -0.146. The van der Waals surface area contributed by atoms with Crippen molar-refractivity contribution in [1.82, 2.24) is 9.80 Å². The number of likely N-dealkylation sites (tertiary alicyclic amines) is 1. The monoisotopic (exact) mass is 523 g/mol. The van der Waals surface area contributed by atoms with E-state index in [1.807, 2.05) is 60.4 Å². The van der Waals surface area contributed by atoms with Crippen molar-refractivity contribution in [2.75, 3.05) is 24.6 Å². The average Bonchev–Trinajstić information content (AvgIpc) is 3.21. The fourth-order valence-electron chi connectivity index (χ4n) is 6.71. The highest BCUT2D eigenvalue weighted by Crippen LogP contribution is 2.61. The van der Waals surface area contributed by atoms with Crippen LogP contribution in [0.15, 0.2) is 54.6 Å². The molecule has 4 aliphatic rings. The Bertz CT molecular complexity index is 1100. The zero-order valence-electron chi connectivity index (χ0n) is 21.8. The second-order valence-corrected chi connectivity index (χ2v) is 12.1. The first-order chi connectivity index (χ1) is 17.9. The fourth-order valence-corrected chi connectivity index (χ4v) is 8.70. The van der Waals surface area contributed by atoms with E-state index in [2.05, 4.69) is 19.9 Å². The molecule has 2 saturated heterocycles. The van der Waals surface area contributed by atoms with Gasteiger partial charge in [-0.1, -0.05) is 62.8 Å². The van der Waals surface area contributed by atoms with Gasteiger partial charge in [0.2, 0.25) is 17.7 Å². The Hall–Kier alpha value is -2.58. The van der Waals surface area contributed by atoms with Gasteiger partial charge in [0.25, 0.3) is 0 Å². The Morgan fingerprint density at radius 2 is 1.81 bits per heavy atom. The van der Waals surface area contributed by atoms with Crippen LogP contribution in [0.4, 0.5) is 5.69 Å².